The van der Waals surface area contributed by atoms with Crippen LogP contribution in [0.4, 0.5) is 0 Å². The van der Waals surface area contributed by atoms with Crippen molar-refractivity contribution in [2.75, 3.05) is 6.26 Å². The Morgan fingerprint density at radius 1 is 1.46 bits per heavy atom. The predicted molar refractivity (Wildman–Crippen MR) is 86.9 cm³/mol. The van der Waals surface area contributed by atoms with Gasteiger partial charge in [-0.3, -0.25) is 9.48 Å². The third-order valence-corrected chi connectivity index (χ3v) is 4.39. The molecule has 24 heavy (non-hydrogen) atoms. The molecular formula is C15H22N4O4S. The number of rotatable bonds is 6. The van der Waals surface area contributed by atoms with E-state index in [0.29, 0.717) is 19.4 Å². The molecule has 132 valence electrons. The Morgan fingerprint density at radius 3 is 2.67 bits per heavy atom. The molecule has 1 fully saturated rings. The van der Waals surface area contributed by atoms with Crippen LogP contribution in [-0.4, -0.2) is 35.9 Å². The number of aryl methyl sites for hydroxylation is 1. The maximum absolute atomic E-state index is 12.6. The van der Waals surface area contributed by atoms with Crippen LogP contribution in [0.25, 0.3) is 0 Å². The van der Waals surface area contributed by atoms with Gasteiger partial charge in [-0.2, -0.15) is 13.7 Å². The number of amides is 1. The fraction of sp³-hybridized carbons (Fsp3) is 0.667. The molecular weight excluding hydrogens is 332 g/mol. The Bertz CT molecular complexity index is 742. The zero-order valence-corrected chi connectivity index (χ0v) is 14.7. The van der Waals surface area contributed by atoms with Crippen LogP contribution in [0.15, 0.2) is 6.20 Å². The highest BCUT2D eigenvalue weighted by molar-refractivity contribution is 7.86. The minimum Gasteiger partial charge on any atom is -0.359 e. The van der Waals surface area contributed by atoms with Crippen molar-refractivity contribution in [1.82, 2.24) is 15.1 Å². The standard InChI is InChI=1S/C15H22N4O4S/c1-3-9-19-10-12(14(18-19)23-24(2,21)22)13(20)17-15(11-16)7-5-4-6-8-15/h10H,3-9H2,1-2H3,(H,17,20). The molecule has 0 aromatic carbocycles. The van der Waals surface area contributed by atoms with E-state index >= 15 is 0 Å². The predicted octanol–water partition coefficient (Wildman–Crippen LogP) is 1.59. The first-order chi connectivity index (χ1) is 11.3. The van der Waals surface area contributed by atoms with Crippen molar-refractivity contribution in [3.05, 3.63) is 11.8 Å². The largest absolute Gasteiger partial charge is 0.359 e. The van der Waals surface area contributed by atoms with Crippen LogP contribution >= 0.6 is 0 Å². The molecule has 0 spiro atoms. The van der Waals surface area contributed by atoms with Crippen molar-refractivity contribution < 1.29 is 17.4 Å². The van der Waals surface area contributed by atoms with Crippen LogP contribution in [0.3, 0.4) is 0 Å². The smallest absolute Gasteiger partial charge is 0.307 e. The second-order valence-corrected chi connectivity index (χ2v) is 7.68. The van der Waals surface area contributed by atoms with Gasteiger partial charge >= 0.3 is 10.1 Å². The highest BCUT2D eigenvalue weighted by Crippen LogP contribution is 2.28. The van der Waals surface area contributed by atoms with Gasteiger partial charge in [0.15, 0.2) is 0 Å². The Kier molecular flexibility index (Phi) is 5.49. The zero-order chi connectivity index (χ0) is 17.8. The fourth-order valence-corrected chi connectivity index (χ4v) is 3.22. The van der Waals surface area contributed by atoms with Crippen LogP contribution < -0.4 is 9.50 Å². The minimum atomic E-state index is -3.81. The molecule has 0 unspecified atom stereocenters. The van der Waals surface area contributed by atoms with E-state index in [1.54, 1.807) is 0 Å². The van der Waals surface area contributed by atoms with Crippen LogP contribution in [-0.2, 0) is 16.7 Å². The van der Waals surface area contributed by atoms with Crippen LogP contribution in [0.2, 0.25) is 0 Å². The van der Waals surface area contributed by atoms with Crippen molar-refractivity contribution in [1.29, 1.82) is 5.26 Å². The molecule has 0 atom stereocenters. The minimum absolute atomic E-state index is 0.0223. The van der Waals surface area contributed by atoms with Gasteiger partial charge in [0.25, 0.3) is 11.8 Å². The average Bonchev–Trinajstić information content (AvgIpc) is 2.89. The van der Waals surface area contributed by atoms with Gasteiger partial charge in [-0.1, -0.05) is 26.2 Å². The van der Waals surface area contributed by atoms with Crippen molar-refractivity contribution in [3.63, 3.8) is 0 Å². The summed E-state index contributed by atoms with van der Waals surface area (Å²) in [5, 5.41) is 16.2. The summed E-state index contributed by atoms with van der Waals surface area (Å²) in [6, 6.07) is 2.20. The van der Waals surface area contributed by atoms with E-state index in [0.717, 1.165) is 31.9 Å². The lowest BCUT2D eigenvalue weighted by atomic mass is 9.82. The first kappa shape index (κ1) is 18.3. The van der Waals surface area contributed by atoms with E-state index in [2.05, 4.69) is 16.5 Å². The molecule has 0 radical (unpaired) electrons. The van der Waals surface area contributed by atoms with Crippen molar-refractivity contribution in [3.8, 4) is 11.9 Å². The number of carbonyl (C=O) groups is 1. The topological polar surface area (TPSA) is 114 Å². The highest BCUT2D eigenvalue weighted by Gasteiger charge is 2.35. The molecule has 1 aliphatic rings. The van der Waals surface area contributed by atoms with Crippen LogP contribution in [0.1, 0.15) is 55.8 Å². The van der Waals surface area contributed by atoms with Gasteiger partial charge in [0.05, 0.1) is 12.3 Å². The number of nitrogens with zero attached hydrogens (tertiary/aromatic N) is 3. The van der Waals surface area contributed by atoms with E-state index in [1.807, 2.05) is 6.92 Å². The van der Waals surface area contributed by atoms with Gasteiger partial charge in [0, 0.05) is 12.7 Å². The normalized spacial score (nSPS) is 17.0. The van der Waals surface area contributed by atoms with Gasteiger partial charge in [0.2, 0.25) is 0 Å². The molecule has 2 rings (SSSR count). The third kappa shape index (κ3) is 4.47. The monoisotopic (exact) mass is 354 g/mol. The highest BCUT2D eigenvalue weighted by atomic mass is 32.2. The Morgan fingerprint density at radius 2 is 2.12 bits per heavy atom. The third-order valence-electron chi connectivity index (χ3n) is 3.93. The lowest BCUT2D eigenvalue weighted by molar-refractivity contribution is 0.0901. The number of carbonyl (C=O) groups excluding carboxylic acids is 1. The SMILES string of the molecule is CCCn1cc(C(=O)NC2(C#N)CCCCC2)c(OS(C)(=O)=O)n1. The summed E-state index contributed by atoms with van der Waals surface area (Å²) in [4.78, 5) is 12.6. The van der Waals surface area contributed by atoms with E-state index in [1.165, 1.54) is 10.9 Å². The summed E-state index contributed by atoms with van der Waals surface area (Å²) in [6.45, 7) is 2.46. The molecule has 9 heteroatoms. The summed E-state index contributed by atoms with van der Waals surface area (Å²) in [5.41, 5.74) is -0.890. The molecule has 0 bridgehead atoms. The molecule has 8 nitrogen and oxygen atoms in total. The summed E-state index contributed by atoms with van der Waals surface area (Å²) in [6.07, 6.45) is 7.06. The van der Waals surface area contributed by atoms with Crippen molar-refractivity contribution in [2.45, 2.75) is 57.5 Å². The first-order valence-electron chi connectivity index (χ1n) is 7.99. The summed E-state index contributed by atoms with van der Waals surface area (Å²) < 4.78 is 29.1. The van der Waals surface area contributed by atoms with Gasteiger partial charge in [-0.05, 0) is 19.3 Å². The molecule has 0 saturated heterocycles. The summed E-state index contributed by atoms with van der Waals surface area (Å²) in [7, 11) is -3.81. The van der Waals surface area contributed by atoms with Crippen LogP contribution in [0, 0.1) is 11.3 Å². The molecule has 1 amide bonds. The first-order valence-corrected chi connectivity index (χ1v) is 9.81. The Balaban J connectivity index is 2.28. The quantitative estimate of drug-likeness (QED) is 0.776. The molecule has 1 heterocycles. The molecule has 1 aromatic rings. The Hall–Kier alpha value is -2.08. The van der Waals surface area contributed by atoms with Crippen molar-refractivity contribution >= 4 is 16.0 Å². The zero-order valence-electron chi connectivity index (χ0n) is 13.9. The van der Waals surface area contributed by atoms with E-state index in [4.69, 9.17) is 4.18 Å². The van der Waals surface area contributed by atoms with Crippen LogP contribution in [0.5, 0.6) is 5.88 Å². The fourth-order valence-electron chi connectivity index (χ4n) is 2.81. The van der Waals surface area contributed by atoms with Gasteiger partial charge in [0.1, 0.15) is 11.1 Å². The average molecular weight is 354 g/mol. The molecule has 1 aromatic heterocycles. The maximum atomic E-state index is 12.6. The van der Waals surface area contributed by atoms with Gasteiger partial charge in [-0.15, -0.1) is 5.10 Å². The number of hydrogen-bond acceptors (Lipinski definition) is 6. The van der Waals surface area contributed by atoms with Crippen molar-refractivity contribution in [2.24, 2.45) is 0 Å². The number of nitrogens with one attached hydrogen (secondary N) is 1. The molecule has 1 aliphatic carbocycles. The lowest BCUT2D eigenvalue weighted by Crippen LogP contribution is -2.48. The van der Waals surface area contributed by atoms with E-state index in [-0.39, 0.29) is 11.4 Å². The number of nitriles is 1. The van der Waals surface area contributed by atoms with Gasteiger partial charge in [-0.25, -0.2) is 0 Å². The van der Waals surface area contributed by atoms with E-state index in [9.17, 15) is 18.5 Å². The lowest BCUT2D eigenvalue weighted by Gasteiger charge is -2.31. The Labute approximate surface area is 141 Å². The molecule has 1 saturated carbocycles. The number of hydrogen-bond donors (Lipinski definition) is 1. The van der Waals surface area contributed by atoms with E-state index < -0.39 is 21.6 Å². The molecule has 0 aliphatic heterocycles. The van der Waals surface area contributed by atoms with Gasteiger partial charge < -0.3 is 9.50 Å². The second-order valence-electron chi connectivity index (χ2n) is 6.11. The maximum Gasteiger partial charge on any atom is 0.307 e. The summed E-state index contributed by atoms with van der Waals surface area (Å²) in [5.74, 6) is -0.799. The second kappa shape index (κ2) is 7.21. The summed E-state index contributed by atoms with van der Waals surface area (Å²) >= 11 is 0. The number of aromatic nitrogens is 2. The molecule has 1 N–H and O–H groups in total.